The summed E-state index contributed by atoms with van der Waals surface area (Å²) in [5.41, 5.74) is 5.11. The Balaban J connectivity index is 1.53. The third kappa shape index (κ3) is 6.15. The molecule has 6 nitrogen and oxygen atoms in total. The molecule has 0 aliphatic heterocycles. The van der Waals surface area contributed by atoms with Crippen LogP contribution in [0.15, 0.2) is 78.0 Å². The monoisotopic (exact) mass is 500 g/mol. The van der Waals surface area contributed by atoms with Gasteiger partial charge in [0.2, 0.25) is 5.91 Å². The molecule has 0 bridgehead atoms. The molecule has 3 aromatic carbocycles. The zero-order valence-corrected chi connectivity index (χ0v) is 22.0. The third-order valence-electron chi connectivity index (χ3n) is 6.06. The van der Waals surface area contributed by atoms with Crippen molar-refractivity contribution in [2.24, 2.45) is 0 Å². The number of hydrogen-bond donors (Lipinski definition) is 1. The van der Waals surface area contributed by atoms with E-state index in [2.05, 4.69) is 60.6 Å². The second-order valence-corrected chi connectivity index (χ2v) is 9.65. The number of ether oxygens (including phenoxy) is 1. The molecule has 0 saturated heterocycles. The maximum Gasteiger partial charge on any atom is 0.234 e. The molecular weight excluding hydrogens is 468 g/mol. The summed E-state index contributed by atoms with van der Waals surface area (Å²) in [6.07, 6.45) is 1.09. The van der Waals surface area contributed by atoms with Gasteiger partial charge >= 0.3 is 0 Å². The molecule has 0 fully saturated rings. The van der Waals surface area contributed by atoms with Crippen LogP contribution in [0.2, 0.25) is 0 Å². The van der Waals surface area contributed by atoms with Gasteiger partial charge in [0.15, 0.2) is 11.0 Å². The van der Waals surface area contributed by atoms with Crippen LogP contribution in [0.3, 0.4) is 0 Å². The fraction of sp³-hybridized carbons (Fsp3) is 0.276. The van der Waals surface area contributed by atoms with Crippen LogP contribution < -0.4 is 10.1 Å². The fourth-order valence-electron chi connectivity index (χ4n) is 3.80. The molecule has 0 saturated carbocycles. The van der Waals surface area contributed by atoms with Crippen molar-refractivity contribution < 1.29 is 9.53 Å². The molecule has 0 aliphatic rings. The van der Waals surface area contributed by atoms with Crippen molar-refractivity contribution in [3.8, 4) is 22.8 Å². The number of aromatic nitrogens is 3. The average Bonchev–Trinajstić information content (AvgIpc) is 3.32. The molecule has 1 amide bonds. The van der Waals surface area contributed by atoms with E-state index in [1.807, 2.05) is 60.0 Å². The summed E-state index contributed by atoms with van der Waals surface area (Å²) in [6, 6.07) is 24.1. The normalized spacial score (nSPS) is 11.8. The number of thioether (sulfide) groups is 1. The largest absolute Gasteiger partial charge is 0.494 e. The molecule has 0 spiro atoms. The minimum absolute atomic E-state index is 0.0885. The summed E-state index contributed by atoms with van der Waals surface area (Å²) >= 11 is 1.36. The average molecular weight is 501 g/mol. The van der Waals surface area contributed by atoms with Crippen LogP contribution in [0.4, 0.5) is 5.69 Å². The number of nitrogens with zero attached hydrogens (tertiary/aromatic N) is 3. The van der Waals surface area contributed by atoms with E-state index in [4.69, 9.17) is 4.74 Å². The Morgan fingerprint density at radius 1 is 0.972 bits per heavy atom. The van der Waals surface area contributed by atoms with Crippen LogP contribution in [0.1, 0.15) is 44.2 Å². The summed E-state index contributed by atoms with van der Waals surface area (Å²) in [7, 11) is 0. The first-order valence-corrected chi connectivity index (χ1v) is 13.2. The number of hydrogen-bond acceptors (Lipinski definition) is 5. The Bertz CT molecular complexity index is 1280. The highest BCUT2D eigenvalue weighted by Crippen LogP contribution is 2.29. The first-order chi connectivity index (χ1) is 17.5. The summed E-state index contributed by atoms with van der Waals surface area (Å²) in [5.74, 6) is 2.16. The number of aryl methyl sites for hydroxylation is 1. The standard InChI is InChI=1S/C29H32N4O2S/c1-5-21(4)22-11-13-24(14-12-22)30-27(34)19-36-29-32-31-28(23-9-7-20(3)8-10-23)33(29)25-15-17-26(18-16-25)35-6-2/h7-18,21H,5-6,19H2,1-4H3,(H,30,34)/t21-/m0/s1. The Kier molecular flexibility index (Phi) is 8.44. The quantitative estimate of drug-likeness (QED) is 0.240. The number of nitrogens with one attached hydrogen (secondary N) is 1. The third-order valence-corrected chi connectivity index (χ3v) is 6.99. The van der Waals surface area contributed by atoms with Gasteiger partial charge in [-0.3, -0.25) is 9.36 Å². The molecule has 7 heteroatoms. The van der Waals surface area contributed by atoms with E-state index in [1.54, 1.807) is 0 Å². The highest BCUT2D eigenvalue weighted by molar-refractivity contribution is 7.99. The molecule has 186 valence electrons. The summed E-state index contributed by atoms with van der Waals surface area (Å²) in [5, 5.41) is 12.5. The molecule has 1 atom stereocenters. The van der Waals surface area contributed by atoms with Crippen molar-refractivity contribution in [1.29, 1.82) is 0 Å². The van der Waals surface area contributed by atoms with E-state index in [0.717, 1.165) is 34.9 Å². The van der Waals surface area contributed by atoms with Gasteiger partial charge in [-0.25, -0.2) is 0 Å². The molecule has 1 aromatic heterocycles. The summed E-state index contributed by atoms with van der Waals surface area (Å²) in [4.78, 5) is 12.7. The lowest BCUT2D eigenvalue weighted by Crippen LogP contribution is -2.14. The van der Waals surface area contributed by atoms with Crippen molar-refractivity contribution in [3.63, 3.8) is 0 Å². The van der Waals surface area contributed by atoms with Gasteiger partial charge in [-0.1, -0.05) is 67.6 Å². The fourth-order valence-corrected chi connectivity index (χ4v) is 4.55. The predicted molar refractivity (Wildman–Crippen MR) is 147 cm³/mol. The minimum Gasteiger partial charge on any atom is -0.494 e. The lowest BCUT2D eigenvalue weighted by Gasteiger charge is -2.12. The number of carbonyl (C=O) groups is 1. The van der Waals surface area contributed by atoms with Gasteiger partial charge in [-0.05, 0) is 68.1 Å². The molecule has 4 rings (SSSR count). The van der Waals surface area contributed by atoms with Crippen molar-refractivity contribution >= 4 is 23.4 Å². The number of benzene rings is 3. The van der Waals surface area contributed by atoms with E-state index in [9.17, 15) is 4.79 Å². The second kappa shape index (κ2) is 11.9. The Morgan fingerprint density at radius 3 is 2.31 bits per heavy atom. The molecule has 0 radical (unpaired) electrons. The van der Waals surface area contributed by atoms with Gasteiger partial charge in [0, 0.05) is 16.9 Å². The van der Waals surface area contributed by atoms with E-state index < -0.39 is 0 Å². The molecule has 0 unspecified atom stereocenters. The highest BCUT2D eigenvalue weighted by Gasteiger charge is 2.18. The second-order valence-electron chi connectivity index (χ2n) is 8.70. The SMILES string of the molecule is CCOc1ccc(-n2c(SCC(=O)Nc3ccc([C@@H](C)CC)cc3)nnc2-c2ccc(C)cc2)cc1. The molecule has 4 aromatic rings. The minimum atomic E-state index is -0.0885. The predicted octanol–water partition coefficient (Wildman–Crippen LogP) is 6.89. The topological polar surface area (TPSA) is 69.0 Å². The first-order valence-electron chi connectivity index (χ1n) is 12.3. The van der Waals surface area contributed by atoms with E-state index in [0.29, 0.717) is 17.7 Å². The van der Waals surface area contributed by atoms with Crippen LogP contribution in [-0.2, 0) is 4.79 Å². The molecule has 0 aliphatic carbocycles. The van der Waals surface area contributed by atoms with E-state index in [1.165, 1.54) is 22.9 Å². The van der Waals surface area contributed by atoms with Crippen LogP contribution in [0.5, 0.6) is 5.75 Å². The number of anilines is 1. The Labute approximate surface area is 217 Å². The number of amides is 1. The maximum atomic E-state index is 12.7. The van der Waals surface area contributed by atoms with Crippen LogP contribution in [0.25, 0.3) is 17.1 Å². The van der Waals surface area contributed by atoms with Gasteiger partial charge in [0.05, 0.1) is 12.4 Å². The summed E-state index contributed by atoms with van der Waals surface area (Å²) in [6.45, 7) is 9.00. The van der Waals surface area contributed by atoms with Crippen molar-refractivity contribution in [1.82, 2.24) is 14.8 Å². The van der Waals surface area contributed by atoms with Crippen LogP contribution >= 0.6 is 11.8 Å². The molecule has 36 heavy (non-hydrogen) atoms. The summed E-state index contributed by atoms with van der Waals surface area (Å²) < 4.78 is 7.59. The van der Waals surface area contributed by atoms with E-state index >= 15 is 0 Å². The lowest BCUT2D eigenvalue weighted by molar-refractivity contribution is -0.113. The Morgan fingerprint density at radius 2 is 1.67 bits per heavy atom. The van der Waals surface area contributed by atoms with Crippen LogP contribution in [0, 0.1) is 6.92 Å². The molecule has 1 heterocycles. The Hall–Kier alpha value is -3.58. The lowest BCUT2D eigenvalue weighted by atomic mass is 9.99. The van der Waals surface area contributed by atoms with Gasteiger partial charge < -0.3 is 10.1 Å². The van der Waals surface area contributed by atoms with Gasteiger partial charge in [-0.15, -0.1) is 10.2 Å². The van der Waals surface area contributed by atoms with Gasteiger partial charge in [-0.2, -0.15) is 0 Å². The highest BCUT2D eigenvalue weighted by atomic mass is 32.2. The van der Waals surface area contributed by atoms with Crippen LogP contribution in [-0.4, -0.2) is 33.0 Å². The zero-order chi connectivity index (χ0) is 25.5. The van der Waals surface area contributed by atoms with Crippen molar-refractivity contribution in [2.45, 2.75) is 45.2 Å². The zero-order valence-electron chi connectivity index (χ0n) is 21.2. The maximum absolute atomic E-state index is 12.7. The number of rotatable bonds is 10. The van der Waals surface area contributed by atoms with Crippen molar-refractivity contribution in [3.05, 3.63) is 83.9 Å². The number of carbonyl (C=O) groups excluding carboxylic acids is 1. The molecular formula is C29H32N4O2S. The van der Waals surface area contributed by atoms with E-state index in [-0.39, 0.29) is 11.7 Å². The van der Waals surface area contributed by atoms with Crippen molar-refractivity contribution in [2.75, 3.05) is 17.7 Å². The van der Waals surface area contributed by atoms with Gasteiger partial charge in [0.25, 0.3) is 0 Å². The smallest absolute Gasteiger partial charge is 0.234 e. The molecule has 1 N–H and O–H groups in total. The van der Waals surface area contributed by atoms with Gasteiger partial charge in [0.1, 0.15) is 5.75 Å². The first kappa shape index (κ1) is 25.5.